The number of nitrogens with one attached hydrogen (secondary N) is 1. The van der Waals surface area contributed by atoms with Gasteiger partial charge in [-0.15, -0.1) is 0 Å². The van der Waals surface area contributed by atoms with Gasteiger partial charge >= 0.3 is 0 Å². The van der Waals surface area contributed by atoms with E-state index in [1.807, 2.05) is 17.9 Å². The van der Waals surface area contributed by atoms with Gasteiger partial charge in [-0.2, -0.15) is 5.10 Å². The van der Waals surface area contributed by atoms with E-state index in [1.54, 1.807) is 0 Å². The van der Waals surface area contributed by atoms with E-state index in [-0.39, 0.29) is 0 Å². The van der Waals surface area contributed by atoms with E-state index in [4.69, 9.17) is 0 Å². The minimum Gasteiger partial charge on any atom is -0.316 e. The molecule has 1 aliphatic rings. The van der Waals surface area contributed by atoms with Crippen LogP contribution in [0.5, 0.6) is 0 Å². The average Bonchev–Trinajstić information content (AvgIpc) is 2.73. The van der Waals surface area contributed by atoms with Crippen molar-refractivity contribution in [3.05, 3.63) is 18.0 Å². The molecule has 0 radical (unpaired) electrons. The number of hydrogen-bond acceptors (Lipinski definition) is 3. The van der Waals surface area contributed by atoms with Gasteiger partial charge in [0.2, 0.25) is 0 Å². The smallest absolute Gasteiger partial charge is 0.0534 e. The van der Waals surface area contributed by atoms with E-state index in [2.05, 4.69) is 49.5 Å². The summed E-state index contributed by atoms with van der Waals surface area (Å²) in [5, 5.41) is 7.82. The topological polar surface area (TPSA) is 33.1 Å². The first-order valence-corrected chi connectivity index (χ1v) is 7.75. The molecule has 1 aromatic heterocycles. The fourth-order valence-electron chi connectivity index (χ4n) is 3.93. The Bertz CT molecular complexity index is 424. The van der Waals surface area contributed by atoms with E-state index >= 15 is 0 Å². The molecule has 1 aliphatic carbocycles. The summed E-state index contributed by atoms with van der Waals surface area (Å²) in [5.41, 5.74) is 1.71. The molecule has 0 spiro atoms. The van der Waals surface area contributed by atoms with E-state index in [0.717, 1.165) is 19.0 Å². The molecular weight excluding hydrogens is 248 g/mol. The molecule has 114 valence electrons. The maximum atomic E-state index is 4.25. The molecule has 2 rings (SSSR count). The Morgan fingerprint density at radius 3 is 2.85 bits per heavy atom. The molecule has 1 fully saturated rings. The quantitative estimate of drug-likeness (QED) is 0.897. The molecule has 1 aromatic rings. The van der Waals surface area contributed by atoms with Crippen LogP contribution in [0.2, 0.25) is 0 Å². The molecule has 1 saturated carbocycles. The van der Waals surface area contributed by atoms with Gasteiger partial charge in [0, 0.05) is 37.9 Å². The van der Waals surface area contributed by atoms with Gasteiger partial charge in [0.15, 0.2) is 0 Å². The molecule has 4 nitrogen and oxygen atoms in total. The van der Waals surface area contributed by atoms with Crippen LogP contribution in [0.15, 0.2) is 12.4 Å². The summed E-state index contributed by atoms with van der Waals surface area (Å²) in [6, 6.07) is 0.618. The van der Waals surface area contributed by atoms with Crippen molar-refractivity contribution in [1.29, 1.82) is 0 Å². The fourth-order valence-corrected chi connectivity index (χ4v) is 3.93. The lowest BCUT2D eigenvalue weighted by atomic mass is 9.68. The summed E-state index contributed by atoms with van der Waals surface area (Å²) < 4.78 is 1.88. The van der Waals surface area contributed by atoms with Crippen molar-refractivity contribution < 1.29 is 0 Å². The number of rotatable bonds is 5. The highest BCUT2D eigenvalue weighted by Gasteiger charge is 2.38. The lowest BCUT2D eigenvalue weighted by Gasteiger charge is -2.45. The highest BCUT2D eigenvalue weighted by atomic mass is 15.2. The molecule has 0 amide bonds. The third kappa shape index (κ3) is 3.61. The van der Waals surface area contributed by atoms with Crippen LogP contribution >= 0.6 is 0 Å². The Kier molecular flexibility index (Phi) is 4.86. The minimum absolute atomic E-state index is 0.410. The molecule has 2 unspecified atom stereocenters. The summed E-state index contributed by atoms with van der Waals surface area (Å²) in [7, 11) is 6.32. The van der Waals surface area contributed by atoms with Crippen LogP contribution in [0, 0.1) is 11.3 Å². The number of hydrogen-bond donors (Lipinski definition) is 1. The second kappa shape index (κ2) is 6.27. The van der Waals surface area contributed by atoms with Gasteiger partial charge in [-0.05, 0) is 38.3 Å². The van der Waals surface area contributed by atoms with Gasteiger partial charge in [-0.1, -0.05) is 20.3 Å². The van der Waals surface area contributed by atoms with Gasteiger partial charge in [-0.3, -0.25) is 4.68 Å². The van der Waals surface area contributed by atoms with E-state index in [9.17, 15) is 0 Å². The Morgan fingerprint density at radius 1 is 1.50 bits per heavy atom. The molecule has 1 N–H and O–H groups in total. The zero-order valence-electron chi connectivity index (χ0n) is 13.7. The molecule has 1 heterocycles. The third-order valence-corrected chi connectivity index (χ3v) is 4.78. The molecule has 2 atom stereocenters. The van der Waals surface area contributed by atoms with Crippen LogP contribution in [0.25, 0.3) is 0 Å². The minimum atomic E-state index is 0.410. The highest BCUT2D eigenvalue weighted by Crippen LogP contribution is 2.39. The maximum Gasteiger partial charge on any atom is 0.0534 e. The predicted octanol–water partition coefficient (Wildman–Crippen LogP) is 2.27. The summed E-state index contributed by atoms with van der Waals surface area (Å²) >= 11 is 0. The highest BCUT2D eigenvalue weighted by molar-refractivity contribution is 5.03. The van der Waals surface area contributed by atoms with E-state index < -0.39 is 0 Å². The van der Waals surface area contributed by atoms with Crippen molar-refractivity contribution >= 4 is 0 Å². The maximum absolute atomic E-state index is 4.25. The zero-order valence-corrected chi connectivity index (χ0v) is 13.7. The standard InChI is InChI=1S/C16H30N4/c1-16(2)8-6-7-14(15(16)17-3)12-19(4)10-13-9-18-20(5)11-13/h9,11,14-15,17H,6-8,10,12H2,1-5H3. The van der Waals surface area contributed by atoms with Crippen LogP contribution < -0.4 is 5.32 Å². The fraction of sp³-hybridized carbons (Fsp3) is 0.812. The number of aryl methyl sites for hydroxylation is 1. The predicted molar refractivity (Wildman–Crippen MR) is 83.5 cm³/mol. The lowest BCUT2D eigenvalue weighted by molar-refractivity contribution is 0.0888. The van der Waals surface area contributed by atoms with Crippen molar-refractivity contribution in [2.45, 2.75) is 45.7 Å². The second-order valence-corrected chi connectivity index (χ2v) is 7.13. The average molecular weight is 278 g/mol. The van der Waals surface area contributed by atoms with Crippen LogP contribution in [0.3, 0.4) is 0 Å². The van der Waals surface area contributed by atoms with Crippen molar-refractivity contribution in [2.24, 2.45) is 18.4 Å². The molecule has 4 heteroatoms. The zero-order chi connectivity index (χ0) is 14.8. The largest absolute Gasteiger partial charge is 0.316 e. The van der Waals surface area contributed by atoms with Gasteiger partial charge in [-0.25, -0.2) is 0 Å². The Balaban J connectivity index is 1.93. The summed E-state index contributed by atoms with van der Waals surface area (Å²) in [6.45, 7) is 6.95. The Morgan fingerprint density at radius 2 is 2.25 bits per heavy atom. The van der Waals surface area contributed by atoms with Crippen LogP contribution in [-0.2, 0) is 13.6 Å². The normalized spacial score (nSPS) is 26.1. The Labute approximate surface area is 123 Å². The van der Waals surface area contributed by atoms with Crippen molar-refractivity contribution in [3.63, 3.8) is 0 Å². The van der Waals surface area contributed by atoms with Gasteiger partial charge in [0.05, 0.1) is 6.20 Å². The summed E-state index contributed by atoms with van der Waals surface area (Å²) in [4.78, 5) is 2.44. The van der Waals surface area contributed by atoms with Crippen molar-refractivity contribution in [2.75, 3.05) is 20.6 Å². The van der Waals surface area contributed by atoms with Crippen molar-refractivity contribution in [3.8, 4) is 0 Å². The first-order valence-electron chi connectivity index (χ1n) is 7.75. The molecule has 0 aromatic carbocycles. The van der Waals surface area contributed by atoms with Crippen LogP contribution in [0.4, 0.5) is 0 Å². The first kappa shape index (κ1) is 15.5. The number of aromatic nitrogens is 2. The van der Waals surface area contributed by atoms with Crippen LogP contribution in [0.1, 0.15) is 38.7 Å². The molecule has 0 bridgehead atoms. The van der Waals surface area contributed by atoms with Gasteiger partial charge in [0.25, 0.3) is 0 Å². The van der Waals surface area contributed by atoms with Gasteiger partial charge in [0.1, 0.15) is 0 Å². The summed E-state index contributed by atoms with van der Waals surface area (Å²) in [6.07, 6.45) is 8.11. The molecule has 0 saturated heterocycles. The van der Waals surface area contributed by atoms with Crippen molar-refractivity contribution in [1.82, 2.24) is 20.0 Å². The summed E-state index contributed by atoms with van der Waals surface area (Å²) in [5.74, 6) is 0.741. The molecule has 0 aliphatic heterocycles. The Hall–Kier alpha value is -0.870. The first-order chi connectivity index (χ1) is 9.42. The molecule has 20 heavy (non-hydrogen) atoms. The number of nitrogens with zero attached hydrogens (tertiary/aromatic N) is 3. The monoisotopic (exact) mass is 278 g/mol. The van der Waals surface area contributed by atoms with E-state index in [0.29, 0.717) is 11.5 Å². The third-order valence-electron chi connectivity index (χ3n) is 4.78. The SMILES string of the molecule is CNC1C(CN(C)Cc2cnn(C)c2)CCCC1(C)C. The molecular formula is C16H30N4. The second-order valence-electron chi connectivity index (χ2n) is 7.13. The van der Waals surface area contributed by atoms with Gasteiger partial charge < -0.3 is 10.2 Å². The van der Waals surface area contributed by atoms with Crippen LogP contribution in [-0.4, -0.2) is 41.4 Å². The van der Waals surface area contributed by atoms with E-state index in [1.165, 1.54) is 24.8 Å². The lowest BCUT2D eigenvalue weighted by Crippen LogP contribution is -2.51.